The summed E-state index contributed by atoms with van der Waals surface area (Å²) in [5.74, 6) is 0. The summed E-state index contributed by atoms with van der Waals surface area (Å²) in [5, 5.41) is 0.648. The molecule has 4 heteroatoms. The van der Waals surface area contributed by atoms with Crippen LogP contribution in [0.15, 0.2) is 18.2 Å². The van der Waals surface area contributed by atoms with E-state index in [1.165, 1.54) is 0 Å². The summed E-state index contributed by atoms with van der Waals surface area (Å²) in [6.45, 7) is 4.70. The Hall–Kier alpha value is -1.06. The predicted octanol–water partition coefficient (Wildman–Crippen LogP) is 3.16. The van der Waals surface area contributed by atoms with Crippen LogP contribution in [0.1, 0.15) is 30.1 Å². The molecule has 1 saturated heterocycles. The van der Waals surface area contributed by atoms with E-state index in [0.29, 0.717) is 16.7 Å². The number of nitrogens with zero attached hydrogens (tertiary/aromatic N) is 1. The third kappa shape index (κ3) is 3.03. The third-order valence-corrected chi connectivity index (χ3v) is 3.60. The summed E-state index contributed by atoms with van der Waals surface area (Å²) < 4.78 is 5.63. The van der Waals surface area contributed by atoms with Crippen molar-refractivity contribution in [2.45, 2.75) is 25.9 Å². The van der Waals surface area contributed by atoms with E-state index in [1.54, 1.807) is 6.07 Å². The molecule has 3 nitrogen and oxygen atoms in total. The van der Waals surface area contributed by atoms with Gasteiger partial charge in [0.15, 0.2) is 0 Å². The van der Waals surface area contributed by atoms with Crippen molar-refractivity contribution in [2.75, 3.05) is 24.6 Å². The number of halogens is 1. The second-order valence-corrected chi connectivity index (χ2v) is 4.88. The Morgan fingerprint density at radius 3 is 2.72 bits per heavy atom. The predicted molar refractivity (Wildman–Crippen MR) is 73.7 cm³/mol. The van der Waals surface area contributed by atoms with Gasteiger partial charge < -0.3 is 9.64 Å². The van der Waals surface area contributed by atoms with Gasteiger partial charge in [0.2, 0.25) is 0 Å². The molecule has 2 rings (SSSR count). The van der Waals surface area contributed by atoms with Crippen molar-refractivity contribution in [1.82, 2.24) is 0 Å². The first-order valence-electron chi connectivity index (χ1n) is 6.36. The van der Waals surface area contributed by atoms with E-state index in [9.17, 15) is 4.79 Å². The molecule has 18 heavy (non-hydrogen) atoms. The van der Waals surface area contributed by atoms with Gasteiger partial charge in [0.05, 0.1) is 16.8 Å². The van der Waals surface area contributed by atoms with Crippen LogP contribution >= 0.6 is 11.6 Å². The van der Waals surface area contributed by atoms with E-state index >= 15 is 0 Å². The highest BCUT2D eigenvalue weighted by atomic mass is 35.5. The third-order valence-electron chi connectivity index (χ3n) is 3.29. The average molecular weight is 268 g/mol. The Morgan fingerprint density at radius 2 is 2.17 bits per heavy atom. The smallest absolute Gasteiger partial charge is 0.150 e. The van der Waals surface area contributed by atoms with Gasteiger partial charge in [-0.1, -0.05) is 11.6 Å². The maximum Gasteiger partial charge on any atom is 0.150 e. The second kappa shape index (κ2) is 6.21. The van der Waals surface area contributed by atoms with Gasteiger partial charge in [-0.2, -0.15) is 0 Å². The summed E-state index contributed by atoms with van der Waals surface area (Å²) in [6.07, 6.45) is 3.25. The normalized spacial score (nSPS) is 16.9. The van der Waals surface area contributed by atoms with Gasteiger partial charge in [0, 0.05) is 25.3 Å². The summed E-state index contributed by atoms with van der Waals surface area (Å²) in [7, 11) is 0. The summed E-state index contributed by atoms with van der Waals surface area (Å²) >= 11 is 6.21. The Bertz CT molecular complexity index is 414. The lowest BCUT2D eigenvalue weighted by atomic mass is 10.1. The molecule has 98 valence electrons. The molecule has 0 unspecified atom stereocenters. The monoisotopic (exact) mass is 267 g/mol. The molecule has 1 heterocycles. The Balaban J connectivity index is 2.03. The topological polar surface area (TPSA) is 29.5 Å². The van der Waals surface area contributed by atoms with Crippen molar-refractivity contribution in [3.8, 4) is 0 Å². The Labute approximate surface area is 113 Å². The average Bonchev–Trinajstić information content (AvgIpc) is 2.40. The van der Waals surface area contributed by atoms with Gasteiger partial charge in [-0.3, -0.25) is 4.79 Å². The molecule has 0 saturated carbocycles. The number of benzene rings is 1. The van der Waals surface area contributed by atoms with Crippen LogP contribution in [0.3, 0.4) is 0 Å². The summed E-state index contributed by atoms with van der Waals surface area (Å²) in [5.41, 5.74) is 1.63. The van der Waals surface area contributed by atoms with Crippen LogP contribution in [-0.2, 0) is 4.74 Å². The number of hydrogen-bond acceptors (Lipinski definition) is 3. The molecular weight excluding hydrogens is 250 g/mol. The van der Waals surface area contributed by atoms with Gasteiger partial charge in [-0.05, 0) is 38.0 Å². The van der Waals surface area contributed by atoms with Crippen molar-refractivity contribution in [2.24, 2.45) is 0 Å². The molecule has 0 spiro atoms. The van der Waals surface area contributed by atoms with Crippen LogP contribution in [-0.4, -0.2) is 32.1 Å². The minimum absolute atomic E-state index is 0.374. The van der Waals surface area contributed by atoms with Gasteiger partial charge in [-0.25, -0.2) is 0 Å². The molecule has 1 aliphatic rings. The minimum Gasteiger partial charge on any atom is -0.378 e. The molecule has 1 aliphatic heterocycles. The van der Waals surface area contributed by atoms with Crippen LogP contribution in [0.5, 0.6) is 0 Å². The van der Waals surface area contributed by atoms with E-state index < -0.39 is 0 Å². The lowest BCUT2D eigenvalue weighted by Crippen LogP contribution is -2.37. The number of piperidine rings is 1. The fourth-order valence-electron chi connectivity index (χ4n) is 2.35. The van der Waals surface area contributed by atoms with Crippen LogP contribution in [0.2, 0.25) is 5.02 Å². The lowest BCUT2D eigenvalue weighted by Gasteiger charge is -2.33. The first-order valence-corrected chi connectivity index (χ1v) is 6.73. The number of ether oxygens (including phenoxy) is 1. The molecule has 1 aromatic carbocycles. The fourth-order valence-corrected chi connectivity index (χ4v) is 2.66. The number of aldehydes is 1. The molecule has 0 radical (unpaired) electrons. The van der Waals surface area contributed by atoms with E-state index in [4.69, 9.17) is 16.3 Å². The molecule has 0 bridgehead atoms. The highest BCUT2D eigenvalue weighted by molar-refractivity contribution is 6.33. The largest absolute Gasteiger partial charge is 0.378 e. The van der Waals surface area contributed by atoms with Gasteiger partial charge in [-0.15, -0.1) is 0 Å². The van der Waals surface area contributed by atoms with Crippen LogP contribution in [0, 0.1) is 0 Å². The zero-order valence-corrected chi connectivity index (χ0v) is 11.3. The van der Waals surface area contributed by atoms with Gasteiger partial charge in [0.1, 0.15) is 6.29 Å². The molecule has 0 atom stereocenters. The maximum absolute atomic E-state index is 10.7. The number of anilines is 1. The van der Waals surface area contributed by atoms with Crippen molar-refractivity contribution in [3.05, 3.63) is 28.8 Å². The Kier molecular flexibility index (Phi) is 4.61. The van der Waals surface area contributed by atoms with Gasteiger partial charge in [0.25, 0.3) is 0 Å². The second-order valence-electron chi connectivity index (χ2n) is 4.47. The highest BCUT2D eigenvalue weighted by Crippen LogP contribution is 2.29. The zero-order valence-electron chi connectivity index (χ0n) is 10.6. The highest BCUT2D eigenvalue weighted by Gasteiger charge is 2.20. The van der Waals surface area contributed by atoms with E-state index in [-0.39, 0.29) is 0 Å². The first kappa shape index (κ1) is 13.4. The molecular formula is C14H18ClNO2. The van der Waals surface area contributed by atoms with Crippen LogP contribution in [0.25, 0.3) is 0 Å². The number of carbonyl (C=O) groups is 1. The van der Waals surface area contributed by atoms with E-state index in [2.05, 4.69) is 4.90 Å². The lowest BCUT2D eigenvalue weighted by molar-refractivity contribution is 0.0459. The quantitative estimate of drug-likeness (QED) is 0.785. The van der Waals surface area contributed by atoms with Crippen LogP contribution < -0.4 is 4.90 Å². The van der Waals surface area contributed by atoms with Crippen molar-refractivity contribution in [3.63, 3.8) is 0 Å². The molecule has 0 aromatic heterocycles. The molecule has 0 N–H and O–H groups in total. The maximum atomic E-state index is 10.7. The fraction of sp³-hybridized carbons (Fsp3) is 0.500. The minimum atomic E-state index is 0.374. The number of rotatable bonds is 4. The molecule has 0 aliphatic carbocycles. The van der Waals surface area contributed by atoms with Crippen molar-refractivity contribution in [1.29, 1.82) is 0 Å². The standard InChI is InChI=1S/C14H18ClNO2/c1-2-18-12-5-7-16(8-6-12)14-4-3-11(10-17)9-13(14)15/h3-4,9-10,12H,2,5-8H2,1H3. The molecule has 1 fully saturated rings. The Morgan fingerprint density at radius 1 is 1.44 bits per heavy atom. The summed E-state index contributed by atoms with van der Waals surface area (Å²) in [6, 6.07) is 5.45. The summed E-state index contributed by atoms with van der Waals surface area (Å²) in [4.78, 5) is 12.9. The van der Waals surface area contributed by atoms with Crippen LogP contribution in [0.4, 0.5) is 5.69 Å². The first-order chi connectivity index (χ1) is 8.74. The van der Waals surface area contributed by atoms with Crippen molar-refractivity contribution >= 4 is 23.6 Å². The van der Waals surface area contributed by atoms with E-state index in [1.807, 2.05) is 19.1 Å². The SMILES string of the molecule is CCOC1CCN(c2ccc(C=O)cc2Cl)CC1. The molecule has 0 amide bonds. The van der Waals surface area contributed by atoms with E-state index in [0.717, 1.165) is 44.5 Å². The number of carbonyl (C=O) groups excluding carboxylic acids is 1. The van der Waals surface area contributed by atoms with Gasteiger partial charge >= 0.3 is 0 Å². The van der Waals surface area contributed by atoms with Crippen molar-refractivity contribution < 1.29 is 9.53 Å². The zero-order chi connectivity index (χ0) is 13.0. The number of hydrogen-bond donors (Lipinski definition) is 0. The molecule has 1 aromatic rings.